The van der Waals surface area contributed by atoms with Gasteiger partial charge in [0, 0.05) is 93.3 Å². The van der Waals surface area contributed by atoms with Gasteiger partial charge in [0.15, 0.2) is 0 Å². The van der Waals surface area contributed by atoms with Crippen molar-refractivity contribution >= 4 is 145 Å². The van der Waals surface area contributed by atoms with Crippen LogP contribution in [-0.4, -0.2) is 11.3 Å². The lowest BCUT2D eigenvalue weighted by molar-refractivity contribution is 1.16. The Morgan fingerprint density at radius 1 is 0.337 bits per heavy atom. The lowest BCUT2D eigenvalue weighted by Crippen LogP contribution is -2.61. The van der Waals surface area contributed by atoms with Crippen LogP contribution in [-0.2, 0) is 0 Å². The largest absolute Gasteiger partial charge is 0.311 e. The van der Waals surface area contributed by atoms with E-state index in [1.54, 1.807) is 0 Å². The van der Waals surface area contributed by atoms with Crippen LogP contribution in [0.4, 0.5) is 68.2 Å². The SMILES string of the molecule is N#Cc1ccc(N(c2ccccc2)c2ccc3c(c2)N(c2ccccc2-c2ccccc2)c2cc(-n4c5ccccc5c5ccccc54)cc4c2B3c2c(cc(N(c3ccccc3)c3ccc(C#N)cc3)c3c2sc2ccccc23)N4c2ccccc2-c2ccccc2)cc1. The van der Waals surface area contributed by atoms with E-state index < -0.39 is 0 Å². The van der Waals surface area contributed by atoms with E-state index in [2.05, 4.69) is 340 Å². The van der Waals surface area contributed by atoms with Crippen LogP contribution < -0.4 is 36.0 Å². The van der Waals surface area contributed by atoms with Gasteiger partial charge in [-0.1, -0.05) is 194 Å². The fourth-order valence-electron chi connectivity index (χ4n) is 14.9. The first-order valence-electron chi connectivity index (χ1n) is 32.0. The molecular formula is C86H54BN7S. The van der Waals surface area contributed by atoms with Crippen LogP contribution in [0, 0.1) is 22.7 Å². The smallest absolute Gasteiger partial charge is 0.254 e. The van der Waals surface area contributed by atoms with Crippen LogP contribution in [0.1, 0.15) is 11.1 Å². The minimum atomic E-state index is -0.337. The van der Waals surface area contributed by atoms with Gasteiger partial charge in [0.25, 0.3) is 6.71 Å². The molecule has 95 heavy (non-hydrogen) atoms. The second kappa shape index (κ2) is 22.6. The number of hydrogen-bond donors (Lipinski definition) is 0. The molecule has 7 nitrogen and oxygen atoms in total. The van der Waals surface area contributed by atoms with Crippen molar-refractivity contribution in [2.75, 3.05) is 19.6 Å². The molecule has 18 rings (SSSR count). The summed E-state index contributed by atoms with van der Waals surface area (Å²) in [5, 5.41) is 25.0. The molecule has 16 aromatic rings. The van der Waals surface area contributed by atoms with E-state index in [1.165, 1.54) is 31.1 Å². The zero-order chi connectivity index (χ0) is 63.1. The first kappa shape index (κ1) is 55.2. The molecule has 0 bridgehead atoms. The molecule has 0 unspecified atom stereocenters. The molecule has 0 atom stereocenters. The number of nitrogens with zero attached hydrogens (tertiary/aromatic N) is 7. The van der Waals surface area contributed by atoms with Gasteiger partial charge in [-0.05, 0) is 161 Å². The highest BCUT2D eigenvalue weighted by Gasteiger charge is 2.47. The molecule has 9 heteroatoms. The van der Waals surface area contributed by atoms with Crippen molar-refractivity contribution in [3.63, 3.8) is 0 Å². The first-order chi connectivity index (χ1) is 47.1. The van der Waals surface area contributed by atoms with E-state index >= 15 is 0 Å². The minimum Gasteiger partial charge on any atom is -0.311 e. The van der Waals surface area contributed by atoms with Crippen molar-refractivity contribution in [2.24, 2.45) is 0 Å². The number of benzene rings is 14. The van der Waals surface area contributed by atoms with Gasteiger partial charge < -0.3 is 24.2 Å². The van der Waals surface area contributed by atoms with Gasteiger partial charge in [-0.3, -0.25) is 0 Å². The molecule has 442 valence electrons. The lowest BCUT2D eigenvalue weighted by Gasteiger charge is -2.46. The van der Waals surface area contributed by atoms with E-state index in [0.29, 0.717) is 11.1 Å². The molecule has 0 saturated heterocycles. The van der Waals surface area contributed by atoms with Gasteiger partial charge in [0.05, 0.1) is 57.0 Å². The second-order valence-electron chi connectivity index (χ2n) is 24.2. The number of rotatable bonds is 11. The molecule has 4 heterocycles. The Morgan fingerprint density at radius 2 is 0.768 bits per heavy atom. The van der Waals surface area contributed by atoms with Gasteiger partial charge in [0.2, 0.25) is 0 Å². The average molecular weight is 1230 g/mol. The number of nitriles is 2. The minimum absolute atomic E-state index is 0.337. The summed E-state index contributed by atoms with van der Waals surface area (Å²) in [5.74, 6) is 0. The highest BCUT2D eigenvalue weighted by atomic mass is 32.1. The summed E-state index contributed by atoms with van der Waals surface area (Å²) in [6, 6.07) is 122. The third-order valence-electron chi connectivity index (χ3n) is 19.0. The van der Waals surface area contributed by atoms with E-state index in [-0.39, 0.29) is 6.71 Å². The number of anilines is 12. The van der Waals surface area contributed by atoms with Crippen LogP contribution in [0.3, 0.4) is 0 Å². The topological polar surface area (TPSA) is 65.5 Å². The molecule has 2 aliphatic rings. The summed E-state index contributed by atoms with van der Waals surface area (Å²) < 4.78 is 4.84. The van der Waals surface area contributed by atoms with E-state index in [4.69, 9.17) is 0 Å². The molecule has 0 saturated carbocycles. The Morgan fingerprint density at radius 3 is 1.33 bits per heavy atom. The molecule has 2 aliphatic heterocycles. The molecule has 0 spiro atoms. The highest BCUT2D eigenvalue weighted by Crippen LogP contribution is 2.55. The maximum atomic E-state index is 10.2. The predicted molar refractivity (Wildman–Crippen MR) is 397 cm³/mol. The van der Waals surface area contributed by atoms with Crippen molar-refractivity contribution in [1.29, 1.82) is 10.5 Å². The number of hydrogen-bond acceptors (Lipinski definition) is 7. The Labute approximate surface area is 554 Å². The van der Waals surface area contributed by atoms with Crippen LogP contribution in [0.25, 0.3) is 69.9 Å². The van der Waals surface area contributed by atoms with Gasteiger partial charge in [-0.15, -0.1) is 11.3 Å². The van der Waals surface area contributed by atoms with Crippen LogP contribution in [0.5, 0.6) is 0 Å². The zero-order valence-corrected chi connectivity index (χ0v) is 52.1. The van der Waals surface area contributed by atoms with Gasteiger partial charge in [0.1, 0.15) is 0 Å². The highest BCUT2D eigenvalue weighted by molar-refractivity contribution is 7.28. The maximum absolute atomic E-state index is 10.2. The van der Waals surface area contributed by atoms with E-state index in [0.717, 1.165) is 123 Å². The predicted octanol–water partition coefficient (Wildman–Crippen LogP) is 21.3. The van der Waals surface area contributed by atoms with Crippen molar-refractivity contribution < 1.29 is 0 Å². The Kier molecular flexibility index (Phi) is 13.1. The van der Waals surface area contributed by atoms with Crippen LogP contribution in [0.2, 0.25) is 0 Å². The lowest BCUT2D eigenvalue weighted by atomic mass is 9.33. The van der Waals surface area contributed by atoms with Crippen molar-refractivity contribution in [3.8, 4) is 40.1 Å². The summed E-state index contributed by atoms with van der Waals surface area (Å²) in [6.07, 6.45) is 0. The molecule has 0 radical (unpaired) electrons. The molecule has 2 aromatic heterocycles. The summed E-state index contributed by atoms with van der Waals surface area (Å²) in [7, 11) is 0. The zero-order valence-electron chi connectivity index (χ0n) is 51.3. The first-order valence-corrected chi connectivity index (χ1v) is 32.8. The van der Waals surface area contributed by atoms with Gasteiger partial charge in [-0.25, -0.2) is 0 Å². The number of para-hydroxylation sites is 6. The van der Waals surface area contributed by atoms with E-state index in [1.807, 2.05) is 35.6 Å². The standard InChI is InChI=1S/C86H54BN7S/c88-55-57-41-45-63(46-42-57)90(61-27-9-3-10-28-61)65-49-50-72-77(51-65)93(73-36-18-13-31-67(73)59-23-5-1-6-24-59)79-52-66(92-75-38-20-15-33-69(75)70-34-16-21-39-76(70)92)53-80-84(79)87(72)85-81(94(80)74-37-19-14-32-68(74)60-25-7-2-8-26-60)54-78(83-71-35-17-22-40-82(71)95-86(83)85)91(62-29-11-4-12-30-62)64-47-43-58(56-89)44-48-64/h1-54H. The van der Waals surface area contributed by atoms with Crippen molar-refractivity contribution in [3.05, 3.63) is 339 Å². The molecular weight excluding hydrogens is 1170 g/mol. The molecule has 0 fully saturated rings. The second-order valence-corrected chi connectivity index (χ2v) is 25.2. The van der Waals surface area contributed by atoms with E-state index in [9.17, 15) is 10.5 Å². The maximum Gasteiger partial charge on any atom is 0.254 e. The Hall–Kier alpha value is -12.7. The normalized spacial score (nSPS) is 12.1. The van der Waals surface area contributed by atoms with Crippen molar-refractivity contribution in [1.82, 2.24) is 4.57 Å². The molecule has 0 amide bonds. The molecule has 0 aliphatic carbocycles. The summed E-state index contributed by atoms with van der Waals surface area (Å²) >= 11 is 1.86. The summed E-state index contributed by atoms with van der Waals surface area (Å²) in [5.41, 5.74) is 24.4. The van der Waals surface area contributed by atoms with Crippen molar-refractivity contribution in [2.45, 2.75) is 0 Å². The average Bonchev–Trinajstić information content (AvgIpc) is 1.62. The van der Waals surface area contributed by atoms with Gasteiger partial charge in [-0.2, -0.15) is 10.5 Å². The molecule has 0 N–H and O–H groups in total. The molecule has 14 aromatic carbocycles. The fourth-order valence-corrected chi connectivity index (χ4v) is 16.2. The third kappa shape index (κ3) is 8.94. The van der Waals surface area contributed by atoms with Gasteiger partial charge >= 0.3 is 0 Å². The third-order valence-corrected chi connectivity index (χ3v) is 20.2. The Bertz CT molecular complexity index is 5710. The number of thiophene rings is 1. The Balaban J connectivity index is 1.04. The fraction of sp³-hybridized carbons (Fsp3) is 0. The summed E-state index contributed by atoms with van der Waals surface area (Å²) in [4.78, 5) is 9.88. The monoisotopic (exact) mass is 1230 g/mol. The number of fused-ring (bicyclic) bond motifs is 11. The van der Waals surface area contributed by atoms with Crippen LogP contribution in [0.15, 0.2) is 328 Å². The number of aromatic nitrogens is 1. The summed E-state index contributed by atoms with van der Waals surface area (Å²) in [6.45, 7) is -0.337. The van der Waals surface area contributed by atoms with Crippen LogP contribution >= 0.6 is 11.3 Å². The quantitative estimate of drug-likeness (QED) is 0.120.